The van der Waals surface area contributed by atoms with Crippen molar-refractivity contribution in [1.29, 1.82) is 0 Å². The van der Waals surface area contributed by atoms with Crippen molar-refractivity contribution in [3.63, 3.8) is 0 Å². The van der Waals surface area contributed by atoms with Crippen LogP contribution in [0, 0.1) is 5.92 Å². The highest BCUT2D eigenvalue weighted by atomic mass is 16.7. The first-order chi connectivity index (χ1) is 4.97. The van der Waals surface area contributed by atoms with E-state index in [1.165, 1.54) is 0 Å². The van der Waals surface area contributed by atoms with Gasteiger partial charge in [0, 0.05) is 19.0 Å². The Labute approximate surface area is 60.7 Å². The number of hydrogen-bond acceptors (Lipinski definition) is 3. The Bertz CT molecular complexity index is 106. The smallest absolute Gasteiger partial charge is 0.161 e. The predicted octanol–water partition coefficient (Wildman–Crippen LogP) is -0.0312. The fraction of sp³-hybridized carbons (Fsp3) is 1.00. The summed E-state index contributed by atoms with van der Waals surface area (Å²) in [6, 6.07) is 0. The minimum atomic E-state index is 0.0926. The van der Waals surface area contributed by atoms with Gasteiger partial charge in [-0.15, -0.1) is 0 Å². The van der Waals surface area contributed by atoms with E-state index in [1.807, 2.05) is 0 Å². The minimum Gasteiger partial charge on any atom is -0.352 e. The predicted molar refractivity (Wildman–Crippen MR) is 36.7 cm³/mol. The average Bonchev–Trinajstić information content (AvgIpc) is 2.28. The van der Waals surface area contributed by atoms with Gasteiger partial charge in [0.2, 0.25) is 0 Å². The summed E-state index contributed by atoms with van der Waals surface area (Å²) in [5, 5.41) is 3.31. The molecule has 3 nitrogen and oxygen atoms in total. The van der Waals surface area contributed by atoms with Crippen LogP contribution in [0.4, 0.5) is 0 Å². The van der Waals surface area contributed by atoms with Gasteiger partial charge in [0.15, 0.2) is 6.29 Å². The van der Waals surface area contributed by atoms with Crippen LogP contribution in [0.5, 0.6) is 0 Å². The van der Waals surface area contributed by atoms with Crippen molar-refractivity contribution in [2.45, 2.75) is 12.7 Å². The van der Waals surface area contributed by atoms with E-state index in [4.69, 9.17) is 9.47 Å². The standard InChI is InChI=1S/C7H13NO2/c1-3-9-7-6(1)5-8-2-4-10-7/h6-8H,1-5H2. The van der Waals surface area contributed by atoms with Crippen LogP contribution in [-0.2, 0) is 9.47 Å². The molecule has 0 spiro atoms. The zero-order valence-corrected chi connectivity index (χ0v) is 6.01. The summed E-state index contributed by atoms with van der Waals surface area (Å²) in [6.45, 7) is 3.69. The molecule has 58 valence electrons. The summed E-state index contributed by atoms with van der Waals surface area (Å²) in [5.41, 5.74) is 0. The first-order valence-corrected chi connectivity index (χ1v) is 3.91. The second-order valence-electron chi connectivity index (χ2n) is 2.86. The third-order valence-corrected chi connectivity index (χ3v) is 2.12. The quantitative estimate of drug-likeness (QED) is 0.516. The lowest BCUT2D eigenvalue weighted by molar-refractivity contribution is -0.121. The van der Waals surface area contributed by atoms with Crippen molar-refractivity contribution in [2.75, 3.05) is 26.3 Å². The normalized spacial score (nSPS) is 40.8. The molecule has 2 heterocycles. The van der Waals surface area contributed by atoms with Crippen LogP contribution in [0.2, 0.25) is 0 Å². The molecule has 2 aliphatic rings. The first kappa shape index (κ1) is 6.58. The Kier molecular flexibility index (Phi) is 1.88. The summed E-state index contributed by atoms with van der Waals surface area (Å²) >= 11 is 0. The minimum absolute atomic E-state index is 0.0926. The molecule has 0 aliphatic carbocycles. The van der Waals surface area contributed by atoms with Gasteiger partial charge in [0.25, 0.3) is 0 Å². The molecule has 0 saturated carbocycles. The fourth-order valence-corrected chi connectivity index (χ4v) is 1.52. The molecule has 0 bridgehead atoms. The van der Waals surface area contributed by atoms with E-state index in [2.05, 4.69) is 5.32 Å². The summed E-state index contributed by atoms with van der Waals surface area (Å²) < 4.78 is 10.8. The Morgan fingerprint density at radius 2 is 2.10 bits per heavy atom. The zero-order chi connectivity index (χ0) is 6.81. The lowest BCUT2D eigenvalue weighted by Gasteiger charge is -2.13. The molecular formula is C7H13NO2. The molecule has 0 aromatic heterocycles. The molecule has 3 heteroatoms. The van der Waals surface area contributed by atoms with Gasteiger partial charge in [0.05, 0.1) is 13.2 Å². The van der Waals surface area contributed by atoms with E-state index in [0.717, 1.165) is 32.7 Å². The third kappa shape index (κ3) is 1.17. The fourth-order valence-electron chi connectivity index (χ4n) is 1.52. The van der Waals surface area contributed by atoms with E-state index in [0.29, 0.717) is 5.92 Å². The summed E-state index contributed by atoms with van der Waals surface area (Å²) in [4.78, 5) is 0. The maximum absolute atomic E-state index is 5.44. The molecule has 2 rings (SSSR count). The van der Waals surface area contributed by atoms with Crippen molar-refractivity contribution < 1.29 is 9.47 Å². The topological polar surface area (TPSA) is 30.5 Å². The number of nitrogens with one attached hydrogen (secondary N) is 1. The second-order valence-corrected chi connectivity index (χ2v) is 2.86. The van der Waals surface area contributed by atoms with E-state index < -0.39 is 0 Å². The van der Waals surface area contributed by atoms with Crippen LogP contribution in [0.15, 0.2) is 0 Å². The van der Waals surface area contributed by atoms with E-state index in [-0.39, 0.29) is 6.29 Å². The molecule has 2 fully saturated rings. The lowest BCUT2D eigenvalue weighted by atomic mass is 10.1. The molecule has 2 atom stereocenters. The van der Waals surface area contributed by atoms with Gasteiger partial charge in [-0.3, -0.25) is 0 Å². The van der Waals surface area contributed by atoms with Gasteiger partial charge in [-0.25, -0.2) is 0 Å². The lowest BCUT2D eigenvalue weighted by Crippen LogP contribution is -2.24. The van der Waals surface area contributed by atoms with Gasteiger partial charge in [-0.1, -0.05) is 0 Å². The molecule has 1 N–H and O–H groups in total. The molecule has 10 heavy (non-hydrogen) atoms. The van der Waals surface area contributed by atoms with Crippen molar-refractivity contribution >= 4 is 0 Å². The van der Waals surface area contributed by atoms with E-state index >= 15 is 0 Å². The highest BCUT2D eigenvalue weighted by Crippen LogP contribution is 2.21. The number of hydrogen-bond donors (Lipinski definition) is 1. The molecule has 0 radical (unpaired) electrons. The van der Waals surface area contributed by atoms with Crippen LogP contribution in [0.1, 0.15) is 6.42 Å². The maximum Gasteiger partial charge on any atom is 0.161 e. The molecule has 2 aliphatic heterocycles. The van der Waals surface area contributed by atoms with Crippen LogP contribution in [-0.4, -0.2) is 32.6 Å². The summed E-state index contributed by atoms with van der Waals surface area (Å²) in [5.74, 6) is 0.600. The van der Waals surface area contributed by atoms with Gasteiger partial charge >= 0.3 is 0 Å². The van der Waals surface area contributed by atoms with Gasteiger partial charge in [0.1, 0.15) is 0 Å². The third-order valence-electron chi connectivity index (χ3n) is 2.12. The van der Waals surface area contributed by atoms with Crippen molar-refractivity contribution in [3.05, 3.63) is 0 Å². The van der Waals surface area contributed by atoms with Crippen LogP contribution in [0.25, 0.3) is 0 Å². The average molecular weight is 143 g/mol. The van der Waals surface area contributed by atoms with Crippen LogP contribution >= 0.6 is 0 Å². The Morgan fingerprint density at radius 3 is 3.10 bits per heavy atom. The Morgan fingerprint density at radius 1 is 1.20 bits per heavy atom. The molecule has 2 saturated heterocycles. The van der Waals surface area contributed by atoms with Gasteiger partial charge < -0.3 is 14.8 Å². The molecule has 0 aromatic rings. The van der Waals surface area contributed by atoms with E-state index in [9.17, 15) is 0 Å². The van der Waals surface area contributed by atoms with Crippen LogP contribution in [0.3, 0.4) is 0 Å². The maximum atomic E-state index is 5.44. The zero-order valence-electron chi connectivity index (χ0n) is 6.01. The van der Waals surface area contributed by atoms with Crippen molar-refractivity contribution in [1.82, 2.24) is 5.32 Å². The molecule has 2 unspecified atom stereocenters. The number of rotatable bonds is 0. The summed E-state index contributed by atoms with van der Waals surface area (Å²) in [6.07, 6.45) is 1.24. The first-order valence-electron chi connectivity index (χ1n) is 3.91. The molecular weight excluding hydrogens is 130 g/mol. The van der Waals surface area contributed by atoms with Crippen molar-refractivity contribution in [2.24, 2.45) is 5.92 Å². The van der Waals surface area contributed by atoms with E-state index in [1.54, 1.807) is 0 Å². The SMILES string of the molecule is C1COC2OCCC2CN1. The highest BCUT2D eigenvalue weighted by Gasteiger charge is 2.29. The Balaban J connectivity index is 1.95. The van der Waals surface area contributed by atoms with Gasteiger partial charge in [-0.05, 0) is 6.42 Å². The molecule has 0 amide bonds. The molecule has 0 aromatic carbocycles. The number of ether oxygens (including phenoxy) is 2. The Hall–Kier alpha value is -0.120. The van der Waals surface area contributed by atoms with Crippen LogP contribution < -0.4 is 5.32 Å². The van der Waals surface area contributed by atoms with Gasteiger partial charge in [-0.2, -0.15) is 0 Å². The second kappa shape index (κ2) is 2.86. The largest absolute Gasteiger partial charge is 0.352 e. The highest BCUT2D eigenvalue weighted by molar-refractivity contribution is 4.74. The summed E-state index contributed by atoms with van der Waals surface area (Å²) in [7, 11) is 0. The monoisotopic (exact) mass is 143 g/mol. The number of fused-ring (bicyclic) bond motifs is 1. The van der Waals surface area contributed by atoms with Crippen molar-refractivity contribution in [3.8, 4) is 0 Å².